The molecule has 0 saturated carbocycles. The molecule has 0 bridgehead atoms. The minimum Gasteiger partial charge on any atom is -0.456 e. The van der Waals surface area contributed by atoms with Crippen molar-refractivity contribution < 1.29 is 4.42 Å². The van der Waals surface area contributed by atoms with Crippen molar-refractivity contribution in [1.82, 2.24) is 4.57 Å². The highest BCUT2D eigenvalue weighted by atomic mass is 16.3. The van der Waals surface area contributed by atoms with E-state index in [0.29, 0.717) is 0 Å². The first-order valence-corrected chi connectivity index (χ1v) is 20.8. The van der Waals surface area contributed by atoms with E-state index in [-0.39, 0.29) is 5.41 Å². The Bertz CT molecular complexity index is 3510. The number of rotatable bonds is 5. The van der Waals surface area contributed by atoms with Gasteiger partial charge in [0.2, 0.25) is 0 Å². The van der Waals surface area contributed by atoms with Crippen molar-refractivity contribution in [3.8, 4) is 50.2 Å². The molecule has 0 N–H and O–H groups in total. The van der Waals surface area contributed by atoms with Crippen LogP contribution >= 0.6 is 0 Å². The first-order valence-electron chi connectivity index (χ1n) is 20.8. The second-order valence-corrected chi connectivity index (χ2v) is 16.9. The van der Waals surface area contributed by atoms with Gasteiger partial charge in [-0.1, -0.05) is 147 Å². The molecule has 3 heteroatoms. The van der Waals surface area contributed by atoms with Crippen LogP contribution in [0.5, 0.6) is 0 Å². The quantitative estimate of drug-likeness (QED) is 0.174. The summed E-state index contributed by atoms with van der Waals surface area (Å²) in [6.45, 7) is 4.85. The van der Waals surface area contributed by atoms with Gasteiger partial charge in [0, 0.05) is 55.5 Å². The normalized spacial score (nSPS) is 13.3. The van der Waals surface area contributed by atoms with Crippen molar-refractivity contribution in [3.63, 3.8) is 0 Å². The van der Waals surface area contributed by atoms with Crippen molar-refractivity contribution in [2.45, 2.75) is 19.3 Å². The van der Waals surface area contributed by atoms with Crippen LogP contribution in [0.1, 0.15) is 25.0 Å². The molecule has 0 amide bonds. The summed E-state index contributed by atoms with van der Waals surface area (Å²) in [5.74, 6) is 0. The van der Waals surface area contributed by atoms with E-state index in [0.717, 1.165) is 50.1 Å². The second kappa shape index (κ2) is 12.2. The van der Waals surface area contributed by atoms with E-state index in [1.807, 2.05) is 6.07 Å². The van der Waals surface area contributed by atoms with E-state index in [4.69, 9.17) is 4.42 Å². The van der Waals surface area contributed by atoms with Crippen LogP contribution in [0, 0.1) is 0 Å². The highest BCUT2D eigenvalue weighted by Crippen LogP contribution is 2.62. The predicted molar refractivity (Wildman–Crippen MR) is 250 cm³/mol. The third kappa shape index (κ3) is 4.55. The van der Waals surface area contributed by atoms with Gasteiger partial charge in [-0.15, -0.1) is 0 Å². The van der Waals surface area contributed by atoms with Crippen LogP contribution in [0.15, 0.2) is 199 Å². The Morgan fingerprint density at radius 2 is 1.10 bits per heavy atom. The lowest BCUT2D eigenvalue weighted by Gasteiger charge is -2.33. The highest BCUT2D eigenvalue weighted by Gasteiger charge is 2.44. The molecule has 282 valence electrons. The van der Waals surface area contributed by atoms with Crippen molar-refractivity contribution >= 4 is 60.8 Å². The SMILES string of the molecule is CC1(C)c2cccc3c2-c2c1c(N(c1cc(-c4ccccc4)cc(-c4ccccc4)c1)c1ccc4c(c1)oc1ccccc14)cc1c4ccccc4n(c21)-c1ccccc1-3. The molecule has 3 nitrogen and oxygen atoms in total. The summed E-state index contributed by atoms with van der Waals surface area (Å²) in [5, 5.41) is 4.72. The maximum absolute atomic E-state index is 6.65. The molecule has 9 aromatic carbocycles. The van der Waals surface area contributed by atoms with Gasteiger partial charge in [-0.05, 0) is 99.1 Å². The van der Waals surface area contributed by atoms with E-state index >= 15 is 0 Å². The Kier molecular flexibility index (Phi) is 6.78. The molecule has 1 aliphatic heterocycles. The van der Waals surface area contributed by atoms with Crippen LogP contribution in [0.3, 0.4) is 0 Å². The zero-order valence-electron chi connectivity index (χ0n) is 33.3. The molecule has 1 aliphatic carbocycles. The zero-order chi connectivity index (χ0) is 39.7. The van der Waals surface area contributed by atoms with Crippen LogP contribution in [-0.2, 0) is 5.41 Å². The van der Waals surface area contributed by atoms with Gasteiger partial charge in [0.15, 0.2) is 0 Å². The average Bonchev–Trinajstić information content (AvgIpc) is 3.89. The molecule has 0 spiro atoms. The van der Waals surface area contributed by atoms with Gasteiger partial charge >= 0.3 is 0 Å². The third-order valence-electron chi connectivity index (χ3n) is 13.2. The van der Waals surface area contributed by atoms with Gasteiger partial charge in [0.05, 0.1) is 22.4 Å². The Morgan fingerprint density at radius 3 is 1.88 bits per heavy atom. The maximum atomic E-state index is 6.65. The van der Waals surface area contributed by atoms with Gasteiger partial charge in [-0.2, -0.15) is 0 Å². The Morgan fingerprint density at radius 1 is 0.450 bits per heavy atom. The van der Waals surface area contributed by atoms with Gasteiger partial charge in [-0.3, -0.25) is 0 Å². The molecule has 2 aliphatic rings. The van der Waals surface area contributed by atoms with Gasteiger partial charge in [-0.25, -0.2) is 0 Å². The fourth-order valence-corrected chi connectivity index (χ4v) is 10.6. The number of para-hydroxylation sites is 3. The first kappa shape index (κ1) is 33.4. The van der Waals surface area contributed by atoms with Crippen molar-refractivity contribution in [2.24, 2.45) is 0 Å². The van der Waals surface area contributed by atoms with E-state index in [1.165, 1.54) is 72.0 Å². The number of fused-ring (bicyclic) bond motifs is 9. The molecule has 2 aromatic heterocycles. The second-order valence-electron chi connectivity index (χ2n) is 16.9. The standard InChI is InChI=1S/C57H38N2O/c1-57(2)47-24-15-23-45-41-20-9-12-25-48(41)59-49-26-13-10-21-42(49)46-34-50(55(57)54(53(45)47)56(46)59)58(39-28-29-44-43-22-11-14-27-51(43)60-52(44)33-39)40-31-37(35-16-5-3-6-17-35)30-38(32-40)36-18-7-4-8-19-36/h3-34H,1-2H3. The number of nitrogens with zero attached hydrogens (tertiary/aromatic N) is 2. The van der Waals surface area contributed by atoms with E-state index in [2.05, 4.69) is 211 Å². The fraction of sp³-hybridized carbons (Fsp3) is 0.0526. The summed E-state index contributed by atoms with van der Waals surface area (Å²) in [7, 11) is 0. The average molecular weight is 767 g/mol. The molecule has 3 heterocycles. The van der Waals surface area contributed by atoms with Crippen molar-refractivity contribution in [3.05, 3.63) is 205 Å². The minimum atomic E-state index is -0.335. The van der Waals surface area contributed by atoms with Crippen LogP contribution in [0.2, 0.25) is 0 Å². The largest absolute Gasteiger partial charge is 0.456 e. The molecule has 0 fully saturated rings. The summed E-state index contributed by atoms with van der Waals surface area (Å²) >= 11 is 0. The molecule has 13 rings (SSSR count). The molecule has 11 aromatic rings. The lowest BCUT2D eigenvalue weighted by atomic mass is 9.80. The predicted octanol–water partition coefficient (Wildman–Crippen LogP) is 15.8. The summed E-state index contributed by atoms with van der Waals surface area (Å²) in [6.07, 6.45) is 0. The molecule has 60 heavy (non-hydrogen) atoms. The Hall–Kier alpha value is -7.62. The zero-order valence-corrected chi connectivity index (χ0v) is 33.3. The summed E-state index contributed by atoms with van der Waals surface area (Å²) in [4.78, 5) is 2.52. The van der Waals surface area contributed by atoms with Crippen LogP contribution in [0.4, 0.5) is 17.1 Å². The number of hydrogen-bond donors (Lipinski definition) is 0. The minimum absolute atomic E-state index is 0.335. The molecule has 0 radical (unpaired) electrons. The summed E-state index contributed by atoms with van der Waals surface area (Å²) in [6, 6.07) is 71.1. The van der Waals surface area contributed by atoms with Gasteiger partial charge < -0.3 is 13.9 Å². The highest BCUT2D eigenvalue weighted by molar-refractivity contribution is 6.21. The van der Waals surface area contributed by atoms with E-state index < -0.39 is 0 Å². The fourth-order valence-electron chi connectivity index (χ4n) is 10.6. The van der Waals surface area contributed by atoms with E-state index in [1.54, 1.807) is 0 Å². The molecular weight excluding hydrogens is 729 g/mol. The van der Waals surface area contributed by atoms with Gasteiger partial charge in [0.1, 0.15) is 11.2 Å². The summed E-state index contributed by atoms with van der Waals surface area (Å²) in [5.41, 5.74) is 21.0. The molecular formula is C57H38N2O. The number of benzene rings is 9. The number of hydrogen-bond acceptors (Lipinski definition) is 2. The lowest BCUT2D eigenvalue weighted by molar-refractivity contribution is 0.661. The molecule has 0 saturated heterocycles. The van der Waals surface area contributed by atoms with Crippen molar-refractivity contribution in [1.29, 1.82) is 0 Å². The van der Waals surface area contributed by atoms with E-state index in [9.17, 15) is 0 Å². The lowest BCUT2D eigenvalue weighted by Crippen LogP contribution is -2.21. The molecule has 0 atom stereocenters. The van der Waals surface area contributed by atoms with Crippen molar-refractivity contribution in [2.75, 3.05) is 4.90 Å². The smallest absolute Gasteiger partial charge is 0.137 e. The number of anilines is 3. The van der Waals surface area contributed by atoms with Gasteiger partial charge in [0.25, 0.3) is 0 Å². The molecule has 0 unspecified atom stereocenters. The van der Waals surface area contributed by atoms with Crippen LogP contribution < -0.4 is 4.90 Å². The summed E-state index contributed by atoms with van der Waals surface area (Å²) < 4.78 is 9.19. The monoisotopic (exact) mass is 766 g/mol. The third-order valence-corrected chi connectivity index (χ3v) is 13.2. The van der Waals surface area contributed by atoms with Crippen LogP contribution in [0.25, 0.3) is 93.9 Å². The van der Waals surface area contributed by atoms with Crippen LogP contribution in [-0.4, -0.2) is 4.57 Å². The first-order chi connectivity index (χ1) is 29.5. The Balaban J connectivity index is 1.20. The number of furan rings is 1. The maximum Gasteiger partial charge on any atom is 0.137 e. The number of aromatic nitrogens is 1. The topological polar surface area (TPSA) is 21.3 Å². The Labute approximate surface area is 348 Å².